The second-order valence-corrected chi connectivity index (χ2v) is 4.57. The van der Waals surface area contributed by atoms with Gasteiger partial charge in [-0.2, -0.15) is 5.26 Å². The van der Waals surface area contributed by atoms with Gasteiger partial charge in [-0.05, 0) is 24.1 Å². The normalized spacial score (nSPS) is 23.4. The molecule has 1 aliphatic carbocycles. The Morgan fingerprint density at radius 1 is 1.33 bits per heavy atom. The lowest BCUT2D eigenvalue weighted by atomic mass is 9.75. The molecule has 1 N–H and O–H groups in total. The van der Waals surface area contributed by atoms with Gasteiger partial charge in [0.15, 0.2) is 0 Å². The number of benzene rings is 1. The molecule has 0 radical (unpaired) electrons. The van der Waals surface area contributed by atoms with E-state index in [0.29, 0.717) is 18.4 Å². The van der Waals surface area contributed by atoms with Crippen molar-refractivity contribution in [3.05, 3.63) is 35.4 Å². The summed E-state index contributed by atoms with van der Waals surface area (Å²) in [5.74, 6) is -1.51. The van der Waals surface area contributed by atoms with Crippen LogP contribution in [0.15, 0.2) is 24.3 Å². The fourth-order valence-corrected chi connectivity index (χ4v) is 2.46. The smallest absolute Gasteiger partial charge is 0.307 e. The van der Waals surface area contributed by atoms with Gasteiger partial charge in [-0.1, -0.05) is 12.1 Å². The summed E-state index contributed by atoms with van der Waals surface area (Å²) in [6, 6.07) is 8.83. The van der Waals surface area contributed by atoms with Crippen molar-refractivity contribution >= 4 is 11.8 Å². The average molecular weight is 243 g/mol. The van der Waals surface area contributed by atoms with Gasteiger partial charge in [0.25, 0.3) is 0 Å². The molecule has 4 nitrogen and oxygen atoms in total. The molecule has 2 rings (SSSR count). The summed E-state index contributed by atoms with van der Waals surface area (Å²) in [6.07, 6.45) is 1.03. The van der Waals surface area contributed by atoms with Crippen LogP contribution in [0.5, 0.6) is 0 Å². The molecule has 1 fully saturated rings. The second-order valence-electron chi connectivity index (χ2n) is 4.57. The molecule has 0 amide bonds. The van der Waals surface area contributed by atoms with E-state index in [1.165, 1.54) is 0 Å². The fraction of sp³-hybridized carbons (Fsp3) is 0.357. The number of Topliss-reactive ketones (excluding diaryl/α,β-unsaturated/α-hetero) is 1. The van der Waals surface area contributed by atoms with Crippen LogP contribution in [0.3, 0.4) is 0 Å². The Morgan fingerprint density at radius 2 is 2.00 bits per heavy atom. The minimum atomic E-state index is -0.850. The first-order valence-corrected chi connectivity index (χ1v) is 5.86. The van der Waals surface area contributed by atoms with Gasteiger partial charge in [-0.3, -0.25) is 9.59 Å². The van der Waals surface area contributed by atoms with Gasteiger partial charge in [0.2, 0.25) is 0 Å². The first-order chi connectivity index (χ1) is 8.61. The van der Waals surface area contributed by atoms with Crippen LogP contribution in [0.1, 0.15) is 36.3 Å². The lowest BCUT2D eigenvalue weighted by Crippen LogP contribution is -2.29. The largest absolute Gasteiger partial charge is 0.481 e. The van der Waals surface area contributed by atoms with Crippen molar-refractivity contribution in [1.82, 2.24) is 0 Å². The Labute approximate surface area is 105 Å². The highest BCUT2D eigenvalue weighted by Gasteiger charge is 2.35. The van der Waals surface area contributed by atoms with E-state index in [2.05, 4.69) is 0 Å². The zero-order chi connectivity index (χ0) is 13.1. The predicted octanol–water partition coefficient (Wildman–Crippen LogP) is 2.10. The molecule has 1 aromatic rings. The highest BCUT2D eigenvalue weighted by molar-refractivity contribution is 5.83. The van der Waals surface area contributed by atoms with Crippen LogP contribution in [0.4, 0.5) is 0 Å². The summed E-state index contributed by atoms with van der Waals surface area (Å²) < 4.78 is 0. The third-order valence-electron chi connectivity index (χ3n) is 3.45. The Kier molecular flexibility index (Phi) is 3.42. The van der Waals surface area contributed by atoms with Crippen molar-refractivity contribution in [2.45, 2.75) is 25.2 Å². The molecular formula is C14H13NO3. The maximum absolute atomic E-state index is 11.5. The van der Waals surface area contributed by atoms with Gasteiger partial charge >= 0.3 is 5.97 Å². The highest BCUT2D eigenvalue weighted by Crippen LogP contribution is 2.36. The third kappa shape index (κ3) is 2.40. The predicted molar refractivity (Wildman–Crippen MR) is 63.9 cm³/mol. The Hall–Kier alpha value is -2.15. The Morgan fingerprint density at radius 3 is 2.56 bits per heavy atom. The van der Waals surface area contributed by atoms with Crippen LogP contribution in [0.2, 0.25) is 0 Å². The lowest BCUT2D eigenvalue weighted by molar-refractivity contribution is -0.144. The van der Waals surface area contributed by atoms with Crippen LogP contribution in [-0.2, 0) is 9.59 Å². The van der Waals surface area contributed by atoms with Gasteiger partial charge in [0, 0.05) is 18.8 Å². The number of carboxylic acids is 1. The van der Waals surface area contributed by atoms with Crippen molar-refractivity contribution in [3.8, 4) is 6.07 Å². The van der Waals surface area contributed by atoms with Gasteiger partial charge in [0.05, 0.1) is 17.6 Å². The summed E-state index contributed by atoms with van der Waals surface area (Å²) in [7, 11) is 0. The maximum atomic E-state index is 11.5. The number of hydrogen-bond donors (Lipinski definition) is 1. The summed E-state index contributed by atoms with van der Waals surface area (Å²) in [5, 5.41) is 17.9. The van der Waals surface area contributed by atoms with E-state index >= 15 is 0 Å². The minimum absolute atomic E-state index is 0.113. The molecule has 0 aromatic heterocycles. The highest BCUT2D eigenvalue weighted by atomic mass is 16.4. The number of aliphatic carboxylic acids is 1. The zero-order valence-electron chi connectivity index (χ0n) is 9.80. The molecule has 4 heteroatoms. The van der Waals surface area contributed by atoms with E-state index in [-0.39, 0.29) is 18.1 Å². The lowest BCUT2D eigenvalue weighted by Gasteiger charge is -2.28. The molecule has 1 aliphatic rings. The number of nitrogens with zero attached hydrogens (tertiary/aromatic N) is 1. The van der Waals surface area contributed by atoms with Gasteiger partial charge < -0.3 is 5.11 Å². The molecule has 1 saturated carbocycles. The van der Waals surface area contributed by atoms with Crippen LogP contribution in [-0.4, -0.2) is 16.9 Å². The summed E-state index contributed by atoms with van der Waals surface area (Å²) in [4.78, 5) is 22.7. The van der Waals surface area contributed by atoms with E-state index in [9.17, 15) is 14.7 Å². The molecule has 0 heterocycles. The molecule has 0 bridgehead atoms. The molecule has 2 atom stereocenters. The van der Waals surface area contributed by atoms with Crippen molar-refractivity contribution in [2.24, 2.45) is 5.92 Å². The van der Waals surface area contributed by atoms with E-state index in [1.807, 2.05) is 6.07 Å². The maximum Gasteiger partial charge on any atom is 0.307 e. The molecule has 0 aliphatic heterocycles. The number of carbonyl (C=O) groups is 2. The average Bonchev–Trinajstić information content (AvgIpc) is 2.38. The summed E-state index contributed by atoms with van der Waals surface area (Å²) in [5.41, 5.74) is 1.36. The first-order valence-electron chi connectivity index (χ1n) is 5.86. The Bertz CT molecular complexity index is 513. The number of rotatable bonds is 2. The first kappa shape index (κ1) is 12.3. The van der Waals surface area contributed by atoms with Gasteiger partial charge in [-0.25, -0.2) is 0 Å². The quantitative estimate of drug-likeness (QED) is 0.862. The van der Waals surface area contributed by atoms with Crippen LogP contribution >= 0.6 is 0 Å². The fourth-order valence-electron chi connectivity index (χ4n) is 2.46. The van der Waals surface area contributed by atoms with E-state index in [0.717, 1.165) is 5.56 Å². The van der Waals surface area contributed by atoms with Gasteiger partial charge in [0.1, 0.15) is 5.78 Å². The topological polar surface area (TPSA) is 78.2 Å². The number of ketones is 1. The van der Waals surface area contributed by atoms with Crippen molar-refractivity contribution in [2.75, 3.05) is 0 Å². The Balaban J connectivity index is 2.29. The molecule has 18 heavy (non-hydrogen) atoms. The number of carbonyl (C=O) groups excluding carboxylic acids is 1. The zero-order valence-corrected chi connectivity index (χ0v) is 9.80. The number of hydrogen-bond acceptors (Lipinski definition) is 3. The molecule has 1 aromatic carbocycles. The summed E-state index contributed by atoms with van der Waals surface area (Å²) >= 11 is 0. The third-order valence-corrected chi connectivity index (χ3v) is 3.45. The molecule has 0 spiro atoms. The van der Waals surface area contributed by atoms with E-state index in [1.54, 1.807) is 24.3 Å². The molecule has 92 valence electrons. The van der Waals surface area contributed by atoms with Crippen molar-refractivity contribution in [1.29, 1.82) is 5.26 Å². The van der Waals surface area contributed by atoms with E-state index < -0.39 is 11.9 Å². The molecular weight excluding hydrogens is 230 g/mol. The minimum Gasteiger partial charge on any atom is -0.481 e. The number of carboxylic acid groups (broad SMARTS) is 1. The van der Waals surface area contributed by atoms with Crippen molar-refractivity contribution < 1.29 is 14.7 Å². The molecule has 0 unspecified atom stereocenters. The monoisotopic (exact) mass is 243 g/mol. The SMILES string of the molecule is N#Cc1ccc([C@@H]2CC(=O)CC[C@H]2C(=O)O)cc1. The van der Waals surface area contributed by atoms with Crippen LogP contribution in [0, 0.1) is 17.2 Å². The van der Waals surface area contributed by atoms with Crippen molar-refractivity contribution in [3.63, 3.8) is 0 Å². The molecule has 0 saturated heterocycles. The van der Waals surface area contributed by atoms with Crippen LogP contribution < -0.4 is 0 Å². The standard InChI is InChI=1S/C14H13NO3/c15-8-9-1-3-10(4-2-9)13-7-11(16)5-6-12(13)14(17)18/h1-4,12-13H,5-7H2,(H,17,18)/t12-,13+/m1/s1. The van der Waals surface area contributed by atoms with Gasteiger partial charge in [-0.15, -0.1) is 0 Å². The van der Waals surface area contributed by atoms with Crippen LogP contribution in [0.25, 0.3) is 0 Å². The second kappa shape index (κ2) is 5.01. The summed E-state index contributed by atoms with van der Waals surface area (Å²) in [6.45, 7) is 0. The number of nitriles is 1. The van der Waals surface area contributed by atoms with E-state index in [4.69, 9.17) is 5.26 Å².